The average molecular weight is 768 g/mol. The van der Waals surface area contributed by atoms with Crippen molar-refractivity contribution < 1.29 is 102 Å². The summed E-state index contributed by atoms with van der Waals surface area (Å²) in [6.45, 7) is 8.19. The standard InChI is InChI=1S/C26H25F21O2/c1-15(2,3)13-9-7-12(8-10-13)14(48-49-16(4,5)6)11-17(27,28)18(29,30)19(31,32)20(33,34)21(35,36)22(37,38)23(39,40)24(41,42)25(43,44)26(45,46)47/h7-10,14H,11H2,1-6H3. The third kappa shape index (κ3) is 7.24. The van der Waals surface area contributed by atoms with Crippen LogP contribution in [-0.4, -0.2) is 65.1 Å². The molecule has 0 aliphatic heterocycles. The van der Waals surface area contributed by atoms with Crippen molar-refractivity contribution in [3.8, 4) is 0 Å². The van der Waals surface area contributed by atoms with Crippen LogP contribution in [0.3, 0.4) is 0 Å². The summed E-state index contributed by atoms with van der Waals surface area (Å²) < 4.78 is 289. The lowest BCUT2D eigenvalue weighted by molar-refractivity contribution is -0.475. The Bertz CT molecular complexity index is 1290. The molecule has 1 atom stereocenters. The minimum atomic E-state index is -9.22. The topological polar surface area (TPSA) is 18.5 Å². The average Bonchev–Trinajstić information content (AvgIpc) is 2.88. The first kappa shape index (κ1) is 44.7. The Hall–Kier alpha value is -2.33. The Morgan fingerprint density at radius 2 is 0.755 bits per heavy atom. The minimum Gasteiger partial charge on any atom is -0.230 e. The smallest absolute Gasteiger partial charge is 0.230 e. The zero-order chi connectivity index (χ0) is 39.7. The Labute approximate surface area is 262 Å². The maximum absolute atomic E-state index is 14.8. The largest absolute Gasteiger partial charge is 0.460 e. The van der Waals surface area contributed by atoms with E-state index in [-0.39, 0.29) is 0 Å². The van der Waals surface area contributed by atoms with Gasteiger partial charge in [0.1, 0.15) is 6.10 Å². The molecule has 1 aromatic rings. The molecule has 0 aliphatic rings. The molecule has 0 saturated carbocycles. The van der Waals surface area contributed by atoms with Gasteiger partial charge in [0.2, 0.25) is 0 Å². The van der Waals surface area contributed by atoms with Gasteiger partial charge >= 0.3 is 59.5 Å². The molecule has 0 N–H and O–H groups in total. The van der Waals surface area contributed by atoms with Crippen molar-refractivity contribution in [3.63, 3.8) is 0 Å². The fraction of sp³-hybridized carbons (Fsp3) is 0.769. The maximum Gasteiger partial charge on any atom is 0.460 e. The van der Waals surface area contributed by atoms with E-state index >= 15 is 0 Å². The second-order valence-electron chi connectivity index (χ2n) is 12.7. The minimum absolute atomic E-state index is 0.397. The van der Waals surface area contributed by atoms with Crippen LogP contribution in [0.15, 0.2) is 24.3 Å². The van der Waals surface area contributed by atoms with Gasteiger partial charge in [0, 0.05) is 0 Å². The summed E-state index contributed by atoms with van der Waals surface area (Å²) in [5.41, 5.74) is -2.51. The summed E-state index contributed by atoms with van der Waals surface area (Å²) in [4.78, 5) is 9.20. The highest BCUT2D eigenvalue weighted by atomic mass is 19.4. The van der Waals surface area contributed by atoms with E-state index in [1.165, 1.54) is 0 Å². The van der Waals surface area contributed by atoms with E-state index in [2.05, 4.69) is 9.78 Å². The third-order valence-electron chi connectivity index (χ3n) is 6.58. The van der Waals surface area contributed by atoms with Crippen molar-refractivity contribution in [2.75, 3.05) is 0 Å². The van der Waals surface area contributed by atoms with E-state index in [1.54, 1.807) is 20.8 Å². The molecule has 1 aromatic carbocycles. The lowest BCUT2D eigenvalue weighted by Gasteiger charge is -2.44. The second kappa shape index (κ2) is 12.4. The number of hydrogen-bond acceptors (Lipinski definition) is 2. The SMILES string of the molecule is CC(C)(C)OOC(CC(F)(F)C(F)(F)C(F)(F)C(F)(F)C(F)(F)C(F)(F)C(F)(F)C(F)(F)C(F)(F)C(F)(F)F)c1ccc(C(C)(C)C)cc1. The van der Waals surface area contributed by atoms with Crippen LogP contribution in [0.2, 0.25) is 0 Å². The molecule has 49 heavy (non-hydrogen) atoms. The summed E-state index contributed by atoms with van der Waals surface area (Å²) in [7, 11) is 0. The second-order valence-corrected chi connectivity index (χ2v) is 12.7. The van der Waals surface area contributed by atoms with Gasteiger partial charge in [-0.05, 0) is 37.3 Å². The molecule has 1 rings (SSSR count). The first-order valence-electron chi connectivity index (χ1n) is 12.9. The molecule has 0 radical (unpaired) electrons. The van der Waals surface area contributed by atoms with Crippen LogP contribution in [0.5, 0.6) is 0 Å². The number of halogens is 21. The fourth-order valence-corrected chi connectivity index (χ4v) is 3.56. The van der Waals surface area contributed by atoms with E-state index in [9.17, 15) is 92.2 Å². The van der Waals surface area contributed by atoms with E-state index in [0.717, 1.165) is 45.0 Å². The number of benzene rings is 1. The number of hydrogen-bond donors (Lipinski definition) is 0. The summed E-state index contributed by atoms with van der Waals surface area (Å²) in [5.74, 6) is -77.6. The Morgan fingerprint density at radius 1 is 0.449 bits per heavy atom. The molecule has 23 heteroatoms. The Kier molecular flexibility index (Phi) is 11.3. The van der Waals surface area contributed by atoms with Crippen molar-refractivity contribution in [1.29, 1.82) is 0 Å². The van der Waals surface area contributed by atoms with E-state index in [1.807, 2.05) is 0 Å². The molecule has 0 aromatic heterocycles. The summed E-state index contributed by atoms with van der Waals surface area (Å²) in [6, 6.07) is 3.91. The van der Waals surface area contributed by atoms with Gasteiger partial charge in [-0.15, -0.1) is 0 Å². The Morgan fingerprint density at radius 3 is 1.04 bits per heavy atom. The van der Waals surface area contributed by atoms with Crippen LogP contribution in [0, 0.1) is 0 Å². The third-order valence-corrected chi connectivity index (χ3v) is 6.58. The molecule has 0 amide bonds. The molecular formula is C26H25F21O2. The highest BCUT2D eigenvalue weighted by Gasteiger charge is 2.97. The van der Waals surface area contributed by atoms with Crippen molar-refractivity contribution >= 4 is 0 Å². The lowest BCUT2D eigenvalue weighted by Crippen LogP contribution is -2.76. The fourth-order valence-electron chi connectivity index (χ4n) is 3.56. The molecule has 288 valence electrons. The van der Waals surface area contributed by atoms with Crippen molar-refractivity contribution in [1.82, 2.24) is 0 Å². The van der Waals surface area contributed by atoms with Gasteiger partial charge in [0.15, 0.2) is 0 Å². The van der Waals surface area contributed by atoms with Crippen LogP contribution in [0.25, 0.3) is 0 Å². The van der Waals surface area contributed by atoms with E-state index in [0.29, 0.717) is 5.56 Å². The molecule has 0 bridgehead atoms. The first-order chi connectivity index (χ1) is 21.0. The monoisotopic (exact) mass is 768 g/mol. The van der Waals surface area contributed by atoms with E-state index in [4.69, 9.17) is 0 Å². The predicted octanol–water partition coefficient (Wildman–Crippen LogP) is 11.4. The lowest BCUT2D eigenvalue weighted by atomic mass is 9.84. The molecular weight excluding hydrogens is 743 g/mol. The van der Waals surface area contributed by atoms with Crippen LogP contribution in [0.4, 0.5) is 92.2 Å². The van der Waals surface area contributed by atoms with Gasteiger partial charge in [0.25, 0.3) is 0 Å². The van der Waals surface area contributed by atoms with Crippen LogP contribution in [-0.2, 0) is 15.2 Å². The summed E-state index contributed by atoms with van der Waals surface area (Å²) in [5, 5.41) is 0. The van der Waals surface area contributed by atoms with Crippen LogP contribution < -0.4 is 0 Å². The predicted molar refractivity (Wildman–Crippen MR) is 125 cm³/mol. The van der Waals surface area contributed by atoms with Gasteiger partial charge < -0.3 is 0 Å². The molecule has 0 fully saturated rings. The van der Waals surface area contributed by atoms with Gasteiger partial charge in [-0.1, -0.05) is 45.0 Å². The normalized spacial score (nSPS) is 16.6. The van der Waals surface area contributed by atoms with Gasteiger partial charge in [-0.25, -0.2) is 9.78 Å². The molecule has 0 heterocycles. The molecule has 0 saturated heterocycles. The van der Waals surface area contributed by atoms with Crippen LogP contribution in [0.1, 0.15) is 65.2 Å². The van der Waals surface area contributed by atoms with Gasteiger partial charge in [-0.3, -0.25) is 0 Å². The van der Waals surface area contributed by atoms with Crippen molar-refractivity contribution in [2.45, 2.75) is 125 Å². The van der Waals surface area contributed by atoms with Crippen molar-refractivity contribution in [3.05, 3.63) is 35.4 Å². The Balaban J connectivity index is 3.79. The van der Waals surface area contributed by atoms with Gasteiger partial charge in [-0.2, -0.15) is 92.2 Å². The zero-order valence-electron chi connectivity index (χ0n) is 25.3. The highest BCUT2D eigenvalue weighted by Crippen LogP contribution is 2.66. The number of rotatable bonds is 13. The van der Waals surface area contributed by atoms with E-state index < -0.39 is 88.6 Å². The number of alkyl halides is 21. The molecule has 1 unspecified atom stereocenters. The summed E-state index contributed by atoms with van der Waals surface area (Å²) in [6.07, 6.45) is -13.8. The maximum atomic E-state index is 14.8. The first-order valence-corrected chi connectivity index (χ1v) is 12.9. The summed E-state index contributed by atoms with van der Waals surface area (Å²) >= 11 is 0. The molecule has 0 spiro atoms. The highest BCUT2D eigenvalue weighted by molar-refractivity contribution is 5.29. The zero-order valence-corrected chi connectivity index (χ0v) is 25.3. The van der Waals surface area contributed by atoms with Gasteiger partial charge in [0.05, 0.1) is 12.0 Å². The molecule has 2 nitrogen and oxygen atoms in total. The van der Waals surface area contributed by atoms with Crippen molar-refractivity contribution in [2.24, 2.45) is 0 Å². The van der Waals surface area contributed by atoms with Crippen LogP contribution >= 0.6 is 0 Å². The molecule has 0 aliphatic carbocycles. The quantitative estimate of drug-likeness (QED) is 0.113.